The van der Waals surface area contributed by atoms with E-state index in [1.807, 2.05) is 6.07 Å². The van der Waals surface area contributed by atoms with E-state index in [9.17, 15) is 0 Å². The van der Waals surface area contributed by atoms with Crippen molar-refractivity contribution in [2.75, 3.05) is 20.1 Å². The number of para-hydroxylation sites is 2. The van der Waals surface area contributed by atoms with Gasteiger partial charge >= 0.3 is 0 Å². The molecule has 0 saturated carbocycles. The first kappa shape index (κ1) is 16.0. The average molecular weight is 288 g/mol. The van der Waals surface area contributed by atoms with Gasteiger partial charge < -0.3 is 10.3 Å². The van der Waals surface area contributed by atoms with Gasteiger partial charge in [-0.3, -0.25) is 4.90 Å². The molecule has 0 aliphatic heterocycles. The molecule has 0 radical (unpaired) electrons. The van der Waals surface area contributed by atoms with Crippen LogP contribution in [0, 0.1) is 0 Å². The van der Waals surface area contributed by atoms with Crippen molar-refractivity contribution in [3.8, 4) is 0 Å². The van der Waals surface area contributed by atoms with Gasteiger partial charge in [0.05, 0.1) is 17.1 Å². The fourth-order valence-electron chi connectivity index (χ4n) is 2.72. The van der Waals surface area contributed by atoms with Crippen LogP contribution in [0.4, 0.5) is 0 Å². The number of nitrogens with two attached hydrogens (primary N) is 1. The summed E-state index contributed by atoms with van der Waals surface area (Å²) >= 11 is 0. The standard InChI is InChI=1S/C17H28N4/c1-5-6-11-20(4)14(3)17-19-15-9-7-8-10-16(15)21(17)13(2)12-18/h7-10,13-14H,5-6,11-12,18H2,1-4H3. The molecule has 1 aromatic carbocycles. The molecule has 0 spiro atoms. The molecule has 2 atom stereocenters. The van der Waals surface area contributed by atoms with Gasteiger partial charge in [0.25, 0.3) is 0 Å². The Morgan fingerprint density at radius 1 is 1.29 bits per heavy atom. The molecule has 2 aromatic rings. The summed E-state index contributed by atoms with van der Waals surface area (Å²) in [5.74, 6) is 1.12. The molecular weight excluding hydrogens is 260 g/mol. The topological polar surface area (TPSA) is 47.1 Å². The molecule has 4 heteroatoms. The molecule has 1 heterocycles. The highest BCUT2D eigenvalue weighted by molar-refractivity contribution is 5.76. The molecule has 2 rings (SSSR count). The Morgan fingerprint density at radius 2 is 2.00 bits per heavy atom. The number of fused-ring (bicyclic) bond motifs is 1. The number of rotatable bonds is 7. The number of hydrogen-bond acceptors (Lipinski definition) is 3. The lowest BCUT2D eigenvalue weighted by Gasteiger charge is -2.26. The molecule has 2 unspecified atom stereocenters. The van der Waals surface area contributed by atoms with Crippen LogP contribution >= 0.6 is 0 Å². The summed E-state index contributed by atoms with van der Waals surface area (Å²) in [4.78, 5) is 7.26. The first-order valence-electron chi connectivity index (χ1n) is 7.97. The van der Waals surface area contributed by atoms with E-state index in [1.54, 1.807) is 0 Å². The van der Waals surface area contributed by atoms with Crippen LogP contribution in [0.3, 0.4) is 0 Å². The maximum atomic E-state index is 5.92. The molecule has 0 fully saturated rings. The summed E-state index contributed by atoms with van der Waals surface area (Å²) in [7, 11) is 2.18. The summed E-state index contributed by atoms with van der Waals surface area (Å²) in [5, 5.41) is 0. The maximum Gasteiger partial charge on any atom is 0.127 e. The summed E-state index contributed by atoms with van der Waals surface area (Å²) in [6, 6.07) is 8.88. The van der Waals surface area contributed by atoms with Gasteiger partial charge in [0.1, 0.15) is 5.82 Å². The molecule has 21 heavy (non-hydrogen) atoms. The van der Waals surface area contributed by atoms with Crippen molar-refractivity contribution in [1.82, 2.24) is 14.5 Å². The summed E-state index contributed by atoms with van der Waals surface area (Å²) in [5.41, 5.74) is 8.16. The number of hydrogen-bond donors (Lipinski definition) is 1. The van der Waals surface area contributed by atoms with Crippen LogP contribution in [-0.2, 0) is 0 Å². The monoisotopic (exact) mass is 288 g/mol. The van der Waals surface area contributed by atoms with Gasteiger partial charge in [-0.25, -0.2) is 4.98 Å². The van der Waals surface area contributed by atoms with E-state index in [4.69, 9.17) is 10.7 Å². The van der Waals surface area contributed by atoms with Crippen LogP contribution in [0.25, 0.3) is 11.0 Å². The van der Waals surface area contributed by atoms with Crippen LogP contribution < -0.4 is 5.73 Å². The van der Waals surface area contributed by atoms with E-state index in [0.29, 0.717) is 6.54 Å². The molecule has 116 valence electrons. The predicted molar refractivity (Wildman–Crippen MR) is 89.5 cm³/mol. The molecule has 0 amide bonds. The van der Waals surface area contributed by atoms with Gasteiger partial charge in [0, 0.05) is 12.6 Å². The maximum absolute atomic E-state index is 5.92. The number of benzene rings is 1. The summed E-state index contributed by atoms with van der Waals surface area (Å²) < 4.78 is 2.31. The van der Waals surface area contributed by atoms with Crippen molar-refractivity contribution in [2.45, 2.75) is 45.7 Å². The van der Waals surface area contributed by atoms with Crippen molar-refractivity contribution in [2.24, 2.45) is 5.73 Å². The second kappa shape index (κ2) is 7.05. The van der Waals surface area contributed by atoms with Crippen LogP contribution in [-0.4, -0.2) is 34.6 Å². The minimum absolute atomic E-state index is 0.259. The predicted octanol–water partition coefficient (Wildman–Crippen LogP) is 3.35. The fraction of sp³-hybridized carbons (Fsp3) is 0.588. The Balaban J connectivity index is 2.42. The van der Waals surface area contributed by atoms with Gasteiger partial charge in [-0.15, -0.1) is 0 Å². The number of aromatic nitrogens is 2. The minimum Gasteiger partial charge on any atom is -0.328 e. The van der Waals surface area contributed by atoms with Crippen molar-refractivity contribution >= 4 is 11.0 Å². The van der Waals surface area contributed by atoms with E-state index in [0.717, 1.165) is 17.9 Å². The van der Waals surface area contributed by atoms with Gasteiger partial charge in [-0.05, 0) is 46.0 Å². The van der Waals surface area contributed by atoms with Crippen molar-refractivity contribution in [3.05, 3.63) is 30.1 Å². The largest absolute Gasteiger partial charge is 0.328 e. The second-order valence-electron chi connectivity index (χ2n) is 5.92. The van der Waals surface area contributed by atoms with Crippen LogP contribution in [0.1, 0.15) is 51.5 Å². The molecule has 0 aliphatic rings. The van der Waals surface area contributed by atoms with Crippen molar-refractivity contribution < 1.29 is 0 Å². The zero-order valence-corrected chi connectivity index (χ0v) is 13.7. The van der Waals surface area contributed by atoms with Crippen LogP contribution in [0.5, 0.6) is 0 Å². The third-order valence-corrected chi connectivity index (χ3v) is 4.30. The molecule has 0 aliphatic carbocycles. The first-order valence-corrected chi connectivity index (χ1v) is 7.97. The number of unbranched alkanes of at least 4 members (excludes halogenated alkanes) is 1. The molecule has 0 saturated heterocycles. The smallest absolute Gasteiger partial charge is 0.127 e. The molecular formula is C17H28N4. The summed E-state index contributed by atoms with van der Waals surface area (Å²) in [6.45, 7) is 8.34. The Hall–Kier alpha value is -1.39. The third kappa shape index (κ3) is 3.27. The fourth-order valence-corrected chi connectivity index (χ4v) is 2.72. The van der Waals surface area contributed by atoms with Gasteiger partial charge in [-0.1, -0.05) is 25.5 Å². The normalized spacial score (nSPS) is 14.8. The van der Waals surface area contributed by atoms with Gasteiger partial charge in [-0.2, -0.15) is 0 Å². The molecule has 4 nitrogen and oxygen atoms in total. The van der Waals surface area contributed by atoms with Crippen LogP contribution in [0.2, 0.25) is 0 Å². The molecule has 1 aromatic heterocycles. The first-order chi connectivity index (χ1) is 10.1. The zero-order valence-electron chi connectivity index (χ0n) is 13.7. The van der Waals surface area contributed by atoms with E-state index < -0.39 is 0 Å². The van der Waals surface area contributed by atoms with Crippen molar-refractivity contribution in [3.63, 3.8) is 0 Å². The van der Waals surface area contributed by atoms with Crippen molar-refractivity contribution in [1.29, 1.82) is 0 Å². The van der Waals surface area contributed by atoms with E-state index in [-0.39, 0.29) is 12.1 Å². The Bertz CT molecular complexity index is 575. The third-order valence-electron chi connectivity index (χ3n) is 4.30. The highest BCUT2D eigenvalue weighted by atomic mass is 15.2. The second-order valence-corrected chi connectivity index (χ2v) is 5.92. The SMILES string of the molecule is CCCCN(C)C(C)c1nc2ccccc2n1C(C)CN. The van der Waals surface area contributed by atoms with E-state index in [2.05, 4.69) is 55.5 Å². The minimum atomic E-state index is 0.259. The van der Waals surface area contributed by atoms with Gasteiger partial charge in [0.2, 0.25) is 0 Å². The van der Waals surface area contributed by atoms with E-state index in [1.165, 1.54) is 18.4 Å². The Morgan fingerprint density at radius 3 is 2.67 bits per heavy atom. The Labute approximate surface area is 128 Å². The number of imidazole rings is 1. The highest BCUT2D eigenvalue weighted by Gasteiger charge is 2.21. The Kier molecular flexibility index (Phi) is 5.37. The number of nitrogens with zero attached hydrogens (tertiary/aromatic N) is 3. The lowest BCUT2D eigenvalue weighted by molar-refractivity contribution is 0.241. The summed E-state index contributed by atoms with van der Waals surface area (Å²) in [6.07, 6.45) is 2.43. The lowest BCUT2D eigenvalue weighted by Crippen LogP contribution is -2.28. The molecule has 0 bridgehead atoms. The van der Waals surface area contributed by atoms with Crippen LogP contribution in [0.15, 0.2) is 24.3 Å². The average Bonchev–Trinajstić information content (AvgIpc) is 2.90. The quantitative estimate of drug-likeness (QED) is 0.850. The zero-order chi connectivity index (χ0) is 15.4. The van der Waals surface area contributed by atoms with E-state index >= 15 is 0 Å². The lowest BCUT2D eigenvalue weighted by atomic mass is 10.2. The highest BCUT2D eigenvalue weighted by Crippen LogP contribution is 2.27. The van der Waals surface area contributed by atoms with Gasteiger partial charge in [0.15, 0.2) is 0 Å². The molecule has 2 N–H and O–H groups in total.